The maximum Gasteiger partial charge on any atom is 0.254 e. The molecule has 2 aromatic carbocycles. The number of thiazole rings is 1. The van der Waals surface area contributed by atoms with Crippen molar-refractivity contribution in [2.75, 3.05) is 45.9 Å². The smallest absolute Gasteiger partial charge is 0.254 e. The quantitative estimate of drug-likeness (QED) is 0.105. The summed E-state index contributed by atoms with van der Waals surface area (Å²) in [5, 5.41) is 37.9. The number of likely N-dealkylation sites (tertiary alicyclic amines) is 1. The lowest BCUT2D eigenvalue weighted by molar-refractivity contribution is -0.141. The lowest BCUT2D eigenvalue weighted by atomic mass is 9.91. The number of phenolic OH excluding ortho intramolecular Hbond substituents is 1. The topological polar surface area (TPSA) is 186 Å². The zero-order valence-electron chi connectivity index (χ0n) is 35.2. The van der Waals surface area contributed by atoms with Gasteiger partial charge in [-0.05, 0) is 67.2 Å². The van der Waals surface area contributed by atoms with Crippen LogP contribution in [0.5, 0.6) is 11.6 Å². The number of ether oxygens (including phenoxy) is 1. The highest BCUT2D eigenvalue weighted by molar-refractivity contribution is 7.13. The SMILES string of the molecule is Cc1ncsc1-c1ccc(C(C)(C)NC(=O)[C@@H]2C[C@@H](O)CN2C(=O)[C@@H](c2cc(OCCN3CCN(Cc4cc5cc(-c6ccccc6O)nnc5[nH]4)CC3)no2)C(C)C)cc1. The Morgan fingerprint density at radius 1 is 1.03 bits per heavy atom. The lowest BCUT2D eigenvalue weighted by Gasteiger charge is -2.34. The fourth-order valence-electron chi connectivity index (χ4n) is 8.37. The minimum absolute atomic E-state index is 0.0480. The minimum Gasteiger partial charge on any atom is -0.507 e. The summed E-state index contributed by atoms with van der Waals surface area (Å²) in [5.41, 5.74) is 7.10. The van der Waals surface area contributed by atoms with Gasteiger partial charge in [0.2, 0.25) is 11.8 Å². The van der Waals surface area contributed by atoms with E-state index in [9.17, 15) is 19.8 Å². The largest absolute Gasteiger partial charge is 0.507 e. The average Bonchev–Trinajstić information content (AvgIpc) is 4.05. The number of hydrogen-bond acceptors (Lipinski definition) is 13. The number of phenols is 1. The number of amides is 2. The highest BCUT2D eigenvalue weighted by Crippen LogP contribution is 2.34. The van der Waals surface area contributed by atoms with E-state index in [0.717, 1.165) is 65.5 Å². The molecular formula is C45H53N9O6S. The first-order valence-electron chi connectivity index (χ1n) is 20.8. The molecule has 0 bridgehead atoms. The molecule has 2 amide bonds. The molecule has 0 spiro atoms. The van der Waals surface area contributed by atoms with E-state index in [1.165, 1.54) is 4.90 Å². The number of carbonyl (C=O) groups excluding carboxylic acids is 2. The van der Waals surface area contributed by atoms with Crippen molar-refractivity contribution in [2.45, 2.75) is 71.2 Å². The maximum atomic E-state index is 14.2. The van der Waals surface area contributed by atoms with Crippen LogP contribution in [-0.2, 0) is 21.7 Å². The number of hydrogen-bond donors (Lipinski definition) is 4. The molecule has 3 atom stereocenters. The van der Waals surface area contributed by atoms with Gasteiger partial charge >= 0.3 is 0 Å². The first-order chi connectivity index (χ1) is 29.3. The Morgan fingerprint density at radius 2 is 1.79 bits per heavy atom. The van der Waals surface area contributed by atoms with Crippen molar-refractivity contribution < 1.29 is 29.1 Å². The normalized spacial score (nSPS) is 18.2. The lowest BCUT2D eigenvalue weighted by Crippen LogP contribution is -2.52. The van der Waals surface area contributed by atoms with Crippen molar-refractivity contribution in [3.8, 4) is 33.3 Å². The second-order valence-corrected chi connectivity index (χ2v) is 17.8. The number of piperazine rings is 1. The third kappa shape index (κ3) is 9.32. The van der Waals surface area contributed by atoms with Gasteiger partial charge in [0.25, 0.3) is 5.88 Å². The minimum atomic E-state index is -0.845. The molecule has 0 saturated carbocycles. The van der Waals surface area contributed by atoms with Gasteiger partial charge in [0.1, 0.15) is 24.3 Å². The third-order valence-corrected chi connectivity index (χ3v) is 12.8. The molecule has 320 valence electrons. The summed E-state index contributed by atoms with van der Waals surface area (Å²) in [7, 11) is 0. The highest BCUT2D eigenvalue weighted by Gasteiger charge is 2.44. The number of aliphatic hydroxyl groups excluding tert-OH is 1. The predicted octanol–water partition coefficient (Wildman–Crippen LogP) is 5.70. The van der Waals surface area contributed by atoms with Crippen molar-refractivity contribution in [1.29, 1.82) is 0 Å². The monoisotopic (exact) mass is 847 g/mol. The van der Waals surface area contributed by atoms with Crippen LogP contribution >= 0.6 is 11.3 Å². The molecule has 15 nitrogen and oxygen atoms in total. The van der Waals surface area contributed by atoms with Crippen molar-refractivity contribution in [3.63, 3.8) is 0 Å². The van der Waals surface area contributed by atoms with E-state index in [2.05, 4.69) is 46.5 Å². The van der Waals surface area contributed by atoms with Gasteiger partial charge in [0.15, 0.2) is 11.4 Å². The van der Waals surface area contributed by atoms with Gasteiger partial charge in [0, 0.05) is 74.9 Å². The predicted molar refractivity (Wildman–Crippen MR) is 232 cm³/mol. The number of carbonyl (C=O) groups is 2. The van der Waals surface area contributed by atoms with Gasteiger partial charge < -0.3 is 34.7 Å². The first kappa shape index (κ1) is 42.0. The van der Waals surface area contributed by atoms with Crippen molar-refractivity contribution in [1.82, 2.24) is 45.3 Å². The first-order valence-corrected chi connectivity index (χ1v) is 21.7. The van der Waals surface area contributed by atoms with Gasteiger partial charge in [-0.3, -0.25) is 19.4 Å². The summed E-state index contributed by atoms with van der Waals surface area (Å²) in [6.45, 7) is 15.1. The molecule has 2 saturated heterocycles. The number of aromatic amines is 1. The summed E-state index contributed by atoms with van der Waals surface area (Å²) in [6, 6.07) is 20.0. The number of fused-ring (bicyclic) bond motifs is 1. The van der Waals surface area contributed by atoms with Crippen LogP contribution in [0.4, 0.5) is 0 Å². The molecule has 6 aromatic rings. The molecule has 8 rings (SSSR count). The molecule has 0 radical (unpaired) electrons. The van der Waals surface area contributed by atoms with E-state index in [4.69, 9.17) is 9.26 Å². The maximum absolute atomic E-state index is 14.2. The van der Waals surface area contributed by atoms with E-state index in [-0.39, 0.29) is 36.4 Å². The Labute approximate surface area is 358 Å². The number of nitrogens with zero attached hydrogens (tertiary/aromatic N) is 7. The molecule has 6 heterocycles. The molecule has 2 aliphatic heterocycles. The Balaban J connectivity index is 0.822. The summed E-state index contributed by atoms with van der Waals surface area (Å²) < 4.78 is 11.7. The Morgan fingerprint density at radius 3 is 2.51 bits per heavy atom. The second-order valence-electron chi connectivity index (χ2n) is 17.0. The van der Waals surface area contributed by atoms with E-state index >= 15 is 0 Å². The van der Waals surface area contributed by atoms with Gasteiger partial charge in [0.05, 0.1) is 33.4 Å². The second kappa shape index (κ2) is 17.7. The highest BCUT2D eigenvalue weighted by atomic mass is 32.1. The van der Waals surface area contributed by atoms with Gasteiger partial charge in [-0.15, -0.1) is 21.5 Å². The van der Waals surface area contributed by atoms with Crippen molar-refractivity contribution in [2.24, 2.45) is 5.92 Å². The molecule has 16 heteroatoms. The fourth-order valence-corrected chi connectivity index (χ4v) is 9.19. The van der Waals surface area contributed by atoms with Crippen LogP contribution in [0, 0.1) is 12.8 Å². The number of aliphatic hydroxyl groups is 1. The number of nitrogens with one attached hydrogen (secondary N) is 2. The summed E-state index contributed by atoms with van der Waals surface area (Å²) in [5.74, 6) is -0.694. The van der Waals surface area contributed by atoms with Crippen LogP contribution in [-0.4, -0.2) is 120 Å². The fraction of sp³-hybridized carbons (Fsp3) is 0.422. The standard InChI is InChI=1S/C45H53N9O6S/c1-27(2)40(44(58)54-25-33(55)22-36(54)43(57)48-45(4,5)31-12-10-29(11-13-31)41-28(3)46-26-61-41)38-23-39(51-60-38)59-19-18-52-14-16-53(17-15-52)24-32-20-30-21-35(49-50-42(30)47-32)34-8-6-7-9-37(34)56/h6-13,20-21,23,26-27,33,36,40,55-56H,14-19,22,24-25H2,1-5H3,(H,47,50)(H,48,57)/t33-,36+,40-/m1/s1. The third-order valence-electron chi connectivity index (χ3n) is 11.8. The van der Waals surface area contributed by atoms with Crippen LogP contribution in [0.1, 0.15) is 62.7 Å². The van der Waals surface area contributed by atoms with Gasteiger partial charge in [-0.25, -0.2) is 4.98 Å². The number of aromatic hydroxyl groups is 1. The molecule has 0 aliphatic carbocycles. The van der Waals surface area contributed by atoms with Gasteiger partial charge in [-0.1, -0.05) is 50.2 Å². The number of aromatic nitrogens is 5. The van der Waals surface area contributed by atoms with E-state index < -0.39 is 23.6 Å². The summed E-state index contributed by atoms with van der Waals surface area (Å²) in [4.78, 5) is 43.2. The molecule has 4 N–H and O–H groups in total. The van der Waals surface area contributed by atoms with Crippen LogP contribution in [0.25, 0.3) is 32.7 Å². The Kier molecular flexibility index (Phi) is 12.2. The average molecular weight is 848 g/mol. The summed E-state index contributed by atoms with van der Waals surface area (Å²) in [6.07, 6.45) is -0.690. The van der Waals surface area contributed by atoms with Crippen LogP contribution in [0.15, 0.2) is 76.8 Å². The number of para-hydroxylation sites is 1. The molecule has 2 aliphatic rings. The molecule has 2 fully saturated rings. The number of aryl methyl sites for hydroxylation is 1. The molecule has 4 aromatic heterocycles. The van der Waals surface area contributed by atoms with E-state index in [0.29, 0.717) is 41.7 Å². The Hall–Kier alpha value is -5.68. The van der Waals surface area contributed by atoms with Gasteiger partial charge in [-0.2, -0.15) is 0 Å². The molecular weight excluding hydrogens is 795 g/mol. The van der Waals surface area contributed by atoms with E-state index in [1.54, 1.807) is 29.5 Å². The van der Waals surface area contributed by atoms with Crippen molar-refractivity contribution >= 4 is 34.2 Å². The van der Waals surface area contributed by atoms with Crippen molar-refractivity contribution in [3.05, 3.63) is 95.0 Å². The zero-order valence-corrected chi connectivity index (χ0v) is 36.0. The number of benzene rings is 2. The summed E-state index contributed by atoms with van der Waals surface area (Å²) >= 11 is 1.59. The Bertz CT molecular complexity index is 2470. The van der Waals surface area contributed by atoms with Crippen LogP contribution in [0.2, 0.25) is 0 Å². The number of rotatable bonds is 14. The van der Waals surface area contributed by atoms with Crippen LogP contribution < -0.4 is 10.1 Å². The molecule has 0 unspecified atom stereocenters. The number of H-pyrrole nitrogens is 1. The van der Waals surface area contributed by atoms with E-state index in [1.807, 2.05) is 82.6 Å². The van der Waals surface area contributed by atoms with Crippen LogP contribution in [0.3, 0.4) is 0 Å². The zero-order chi connectivity index (χ0) is 42.8. The number of β-amino-alcohol motifs (C(OH)–C–C–N with tert-alkyl or cyclic N) is 1. The molecule has 61 heavy (non-hydrogen) atoms.